The van der Waals surface area contributed by atoms with Gasteiger partial charge in [0.15, 0.2) is 17.5 Å². The third-order valence-electron chi connectivity index (χ3n) is 11.8. The fourth-order valence-electron chi connectivity index (χ4n) is 9.02. The van der Waals surface area contributed by atoms with Crippen molar-refractivity contribution in [1.29, 1.82) is 0 Å². The fourth-order valence-corrected chi connectivity index (χ4v) is 9.02. The number of hydrogen-bond acceptors (Lipinski definition) is 3. The van der Waals surface area contributed by atoms with Crippen LogP contribution in [0.15, 0.2) is 194 Å². The molecule has 0 bridgehead atoms. The second-order valence-electron chi connectivity index (χ2n) is 15.6. The molecule has 0 N–H and O–H groups in total. The predicted octanol–water partition coefficient (Wildman–Crippen LogP) is 13.6. The number of para-hydroxylation sites is 1. The van der Waals surface area contributed by atoms with Crippen LogP contribution in [-0.4, -0.2) is 19.5 Å². The van der Waals surface area contributed by atoms with Crippen molar-refractivity contribution in [3.8, 4) is 73.2 Å². The smallest absolute Gasteiger partial charge is 0.164 e. The molecule has 2 heterocycles. The highest BCUT2D eigenvalue weighted by Crippen LogP contribution is 2.52. The average molecular weight is 743 g/mol. The van der Waals surface area contributed by atoms with Crippen LogP contribution in [0.3, 0.4) is 0 Å². The molecule has 0 spiro atoms. The first-order valence-electron chi connectivity index (χ1n) is 19.9. The average Bonchev–Trinajstić information content (AvgIpc) is 3.73. The van der Waals surface area contributed by atoms with Crippen molar-refractivity contribution in [3.63, 3.8) is 0 Å². The number of hydrogen-bond donors (Lipinski definition) is 0. The summed E-state index contributed by atoms with van der Waals surface area (Å²) in [5.74, 6) is 1.89. The van der Waals surface area contributed by atoms with E-state index in [1.807, 2.05) is 36.4 Å². The first kappa shape index (κ1) is 33.9. The van der Waals surface area contributed by atoms with Gasteiger partial charge in [0, 0.05) is 44.0 Å². The third-order valence-corrected chi connectivity index (χ3v) is 11.8. The van der Waals surface area contributed by atoms with Gasteiger partial charge in [0.25, 0.3) is 0 Å². The minimum atomic E-state index is -0.151. The monoisotopic (exact) mass is 742 g/mol. The molecule has 274 valence electrons. The quantitative estimate of drug-likeness (QED) is 0.170. The third kappa shape index (κ3) is 5.41. The maximum absolute atomic E-state index is 5.21. The molecule has 58 heavy (non-hydrogen) atoms. The molecule has 0 saturated carbocycles. The Morgan fingerprint density at radius 2 is 0.810 bits per heavy atom. The van der Waals surface area contributed by atoms with E-state index in [9.17, 15) is 0 Å². The largest absolute Gasteiger partial charge is 0.308 e. The van der Waals surface area contributed by atoms with Gasteiger partial charge in [0.2, 0.25) is 0 Å². The highest BCUT2D eigenvalue weighted by molar-refractivity contribution is 6.13. The molecule has 0 saturated heterocycles. The zero-order valence-corrected chi connectivity index (χ0v) is 32.3. The van der Waals surface area contributed by atoms with Gasteiger partial charge in [-0.05, 0) is 63.7 Å². The van der Waals surface area contributed by atoms with Crippen molar-refractivity contribution in [2.24, 2.45) is 0 Å². The number of aromatic nitrogens is 4. The molecule has 10 aromatic rings. The Balaban J connectivity index is 1.25. The maximum Gasteiger partial charge on any atom is 0.164 e. The minimum Gasteiger partial charge on any atom is -0.308 e. The summed E-state index contributed by atoms with van der Waals surface area (Å²) >= 11 is 0. The van der Waals surface area contributed by atoms with Crippen molar-refractivity contribution in [2.45, 2.75) is 19.3 Å². The maximum atomic E-state index is 5.21. The number of fused-ring (bicyclic) bond motifs is 6. The first-order valence-corrected chi connectivity index (χ1v) is 19.9. The van der Waals surface area contributed by atoms with E-state index in [0.29, 0.717) is 17.5 Å². The van der Waals surface area contributed by atoms with Gasteiger partial charge < -0.3 is 4.57 Å². The summed E-state index contributed by atoms with van der Waals surface area (Å²) in [5.41, 5.74) is 15.8. The van der Waals surface area contributed by atoms with Crippen molar-refractivity contribution in [1.82, 2.24) is 19.5 Å². The minimum absolute atomic E-state index is 0.151. The van der Waals surface area contributed by atoms with Gasteiger partial charge in [-0.3, -0.25) is 0 Å². The van der Waals surface area contributed by atoms with Gasteiger partial charge in [-0.25, -0.2) is 15.0 Å². The lowest BCUT2D eigenvalue weighted by Gasteiger charge is -2.23. The number of nitrogens with zero attached hydrogens (tertiary/aromatic N) is 4. The lowest BCUT2D eigenvalue weighted by Crippen LogP contribution is -2.15. The fraction of sp³-hybridized carbons (Fsp3) is 0.0556. The summed E-state index contributed by atoms with van der Waals surface area (Å²) in [4.78, 5) is 15.4. The van der Waals surface area contributed by atoms with Crippen molar-refractivity contribution < 1.29 is 0 Å². The van der Waals surface area contributed by atoms with E-state index in [4.69, 9.17) is 15.0 Å². The SMILES string of the molecule is CC1(C)c2ccccc2-c2cc3c4ccccc4n(-c4c(-c5ccccc5)cc(-c5nc(-c6ccccc6)nc(-c6ccccc6)n5)cc4-c4ccccc4)c3cc21. The molecule has 11 rings (SSSR count). The van der Waals surface area contributed by atoms with Crippen LogP contribution in [0, 0.1) is 0 Å². The van der Waals surface area contributed by atoms with E-state index in [1.54, 1.807) is 0 Å². The summed E-state index contributed by atoms with van der Waals surface area (Å²) in [6.07, 6.45) is 0. The van der Waals surface area contributed by atoms with Gasteiger partial charge in [-0.1, -0.05) is 178 Å². The normalized spacial score (nSPS) is 12.8. The zero-order chi connectivity index (χ0) is 38.8. The van der Waals surface area contributed by atoms with Crippen LogP contribution in [0.1, 0.15) is 25.0 Å². The highest BCUT2D eigenvalue weighted by Gasteiger charge is 2.36. The van der Waals surface area contributed by atoms with Crippen molar-refractivity contribution in [3.05, 3.63) is 205 Å². The molecule has 0 amide bonds. The van der Waals surface area contributed by atoms with Crippen LogP contribution in [0.5, 0.6) is 0 Å². The second kappa shape index (κ2) is 13.4. The van der Waals surface area contributed by atoms with Gasteiger partial charge in [-0.2, -0.15) is 0 Å². The predicted molar refractivity (Wildman–Crippen MR) is 239 cm³/mol. The molecule has 1 aliphatic rings. The van der Waals surface area contributed by atoms with Gasteiger partial charge in [0.1, 0.15) is 0 Å². The summed E-state index contributed by atoms with van der Waals surface area (Å²) in [6, 6.07) is 69.1. The van der Waals surface area contributed by atoms with E-state index >= 15 is 0 Å². The Labute approximate surface area is 337 Å². The molecule has 4 heteroatoms. The Hall–Kier alpha value is -7.43. The molecule has 0 radical (unpaired) electrons. The first-order chi connectivity index (χ1) is 28.5. The zero-order valence-electron chi connectivity index (χ0n) is 32.3. The lowest BCUT2D eigenvalue weighted by atomic mass is 9.82. The van der Waals surface area contributed by atoms with Gasteiger partial charge >= 0.3 is 0 Å². The van der Waals surface area contributed by atoms with Crippen molar-refractivity contribution >= 4 is 21.8 Å². The topological polar surface area (TPSA) is 43.6 Å². The molecule has 2 aromatic heterocycles. The summed E-state index contributed by atoms with van der Waals surface area (Å²) < 4.78 is 2.51. The summed E-state index contributed by atoms with van der Waals surface area (Å²) in [5, 5.41) is 2.46. The molecule has 1 aliphatic carbocycles. The van der Waals surface area contributed by atoms with Crippen LogP contribution in [0.2, 0.25) is 0 Å². The Morgan fingerprint density at radius 1 is 0.345 bits per heavy atom. The highest BCUT2D eigenvalue weighted by atomic mass is 15.0. The standard InChI is InChI=1S/C54H38N4/c1-54(2)46-29-17-15-27-40(46)44-33-45-41-28-16-18-30-48(41)58(49(45)34-47(44)54)50-42(35-19-7-3-8-20-35)31-39(32-43(50)36-21-9-4-10-22-36)53-56-51(37-23-11-5-12-24-37)55-52(57-53)38-25-13-6-14-26-38/h3-34H,1-2H3. The van der Waals surface area contributed by atoms with E-state index < -0.39 is 0 Å². The molecule has 0 aliphatic heterocycles. The molecule has 0 atom stereocenters. The van der Waals surface area contributed by atoms with Crippen LogP contribution in [0.4, 0.5) is 0 Å². The van der Waals surface area contributed by atoms with E-state index in [-0.39, 0.29) is 5.41 Å². The summed E-state index contributed by atoms with van der Waals surface area (Å²) in [6.45, 7) is 4.72. The van der Waals surface area contributed by atoms with Crippen molar-refractivity contribution in [2.75, 3.05) is 0 Å². The molecule has 0 unspecified atom stereocenters. The van der Waals surface area contributed by atoms with Gasteiger partial charge in [-0.15, -0.1) is 0 Å². The van der Waals surface area contributed by atoms with Crippen LogP contribution < -0.4 is 0 Å². The Kier molecular flexibility index (Phi) is 7.80. The van der Waals surface area contributed by atoms with Crippen LogP contribution >= 0.6 is 0 Å². The van der Waals surface area contributed by atoms with Gasteiger partial charge in [0.05, 0.1) is 16.7 Å². The number of benzene rings is 8. The molecule has 4 nitrogen and oxygen atoms in total. The molecule has 0 fully saturated rings. The Morgan fingerprint density at radius 3 is 1.38 bits per heavy atom. The molecular formula is C54H38N4. The molecular weight excluding hydrogens is 705 g/mol. The second-order valence-corrected chi connectivity index (χ2v) is 15.6. The number of rotatable bonds is 6. The molecule has 8 aromatic carbocycles. The van der Waals surface area contributed by atoms with E-state index in [1.165, 1.54) is 38.5 Å². The van der Waals surface area contributed by atoms with Crippen LogP contribution in [-0.2, 0) is 5.41 Å². The summed E-state index contributed by atoms with van der Waals surface area (Å²) in [7, 11) is 0. The lowest BCUT2D eigenvalue weighted by molar-refractivity contribution is 0.661. The van der Waals surface area contributed by atoms with Crippen LogP contribution in [0.25, 0.3) is 95.0 Å². The van der Waals surface area contributed by atoms with E-state index in [2.05, 4.69) is 176 Å². The Bertz CT molecular complexity index is 3050. The van der Waals surface area contributed by atoms with E-state index in [0.717, 1.165) is 50.1 Å².